The number of amides is 1. The summed E-state index contributed by atoms with van der Waals surface area (Å²) in [5.41, 5.74) is -0.330. The molecular formula is C19H23ClFNO4. The normalized spacial score (nSPS) is 34.2. The number of benzene rings is 1. The molecule has 7 heteroatoms. The van der Waals surface area contributed by atoms with Gasteiger partial charge >= 0.3 is 0 Å². The topological polar surface area (TPSA) is 59.0 Å². The zero-order valence-electron chi connectivity index (χ0n) is 14.7. The van der Waals surface area contributed by atoms with Gasteiger partial charge in [0.2, 0.25) is 0 Å². The SMILES string of the molecule is Cc1ccc(F)c(C(=O)N2C[C@H]3COCC[C@@]3(O)[C@@H]3COCC[C@@H]32)c1Cl. The number of fused-ring (bicyclic) bond motifs is 3. The van der Waals surface area contributed by atoms with Crippen LogP contribution in [0.5, 0.6) is 0 Å². The van der Waals surface area contributed by atoms with Crippen molar-refractivity contribution >= 4 is 17.5 Å². The zero-order valence-corrected chi connectivity index (χ0v) is 15.5. The molecule has 1 aromatic carbocycles. The fourth-order valence-electron chi connectivity index (χ4n) is 4.69. The summed E-state index contributed by atoms with van der Waals surface area (Å²) in [4.78, 5) is 15.0. The molecule has 3 aliphatic rings. The summed E-state index contributed by atoms with van der Waals surface area (Å²) in [6.07, 6.45) is 1.15. The average Bonchev–Trinajstić information content (AvgIpc) is 2.64. The van der Waals surface area contributed by atoms with E-state index in [0.29, 0.717) is 51.4 Å². The number of halogens is 2. The van der Waals surface area contributed by atoms with Crippen LogP contribution in [0.15, 0.2) is 12.1 Å². The predicted octanol–water partition coefficient (Wildman–Crippen LogP) is 2.42. The first-order chi connectivity index (χ1) is 12.4. The maximum atomic E-state index is 14.4. The molecule has 5 nitrogen and oxygen atoms in total. The molecular weight excluding hydrogens is 361 g/mol. The summed E-state index contributed by atoms with van der Waals surface area (Å²) in [7, 11) is 0. The summed E-state index contributed by atoms with van der Waals surface area (Å²) in [6.45, 7) is 3.88. The second-order valence-electron chi connectivity index (χ2n) is 7.56. The fourth-order valence-corrected chi connectivity index (χ4v) is 4.92. The second-order valence-corrected chi connectivity index (χ2v) is 7.94. The van der Waals surface area contributed by atoms with E-state index < -0.39 is 17.3 Å². The van der Waals surface area contributed by atoms with Crippen LogP contribution in [0, 0.1) is 24.6 Å². The Morgan fingerprint density at radius 2 is 2.12 bits per heavy atom. The van der Waals surface area contributed by atoms with Crippen LogP contribution in [0.3, 0.4) is 0 Å². The lowest BCUT2D eigenvalue weighted by Gasteiger charge is -2.57. The molecule has 3 saturated heterocycles. The van der Waals surface area contributed by atoms with E-state index in [2.05, 4.69) is 0 Å². The molecule has 3 aliphatic heterocycles. The van der Waals surface area contributed by atoms with Gasteiger partial charge in [-0.25, -0.2) is 4.39 Å². The van der Waals surface area contributed by atoms with Crippen molar-refractivity contribution in [1.29, 1.82) is 0 Å². The van der Waals surface area contributed by atoms with Crippen molar-refractivity contribution in [2.75, 3.05) is 33.0 Å². The summed E-state index contributed by atoms with van der Waals surface area (Å²) < 4.78 is 25.6. The molecule has 3 fully saturated rings. The third-order valence-electron chi connectivity index (χ3n) is 6.21. The number of carbonyl (C=O) groups is 1. The van der Waals surface area contributed by atoms with Crippen molar-refractivity contribution in [3.05, 3.63) is 34.1 Å². The number of piperidine rings is 1. The Labute approximate surface area is 157 Å². The van der Waals surface area contributed by atoms with Crippen molar-refractivity contribution < 1.29 is 23.8 Å². The summed E-state index contributed by atoms with van der Waals surface area (Å²) >= 11 is 6.27. The smallest absolute Gasteiger partial charge is 0.258 e. The predicted molar refractivity (Wildman–Crippen MR) is 93.8 cm³/mol. The van der Waals surface area contributed by atoms with Gasteiger partial charge in [0, 0.05) is 44.1 Å². The number of hydrogen-bond donors (Lipinski definition) is 1. The van der Waals surface area contributed by atoms with Gasteiger partial charge in [-0.05, 0) is 25.0 Å². The van der Waals surface area contributed by atoms with Crippen LogP contribution in [-0.4, -0.2) is 60.5 Å². The Hall–Kier alpha value is -1.21. The number of aryl methyl sites for hydroxylation is 1. The lowest BCUT2D eigenvalue weighted by molar-refractivity contribution is -0.212. The molecule has 3 heterocycles. The number of aliphatic hydroxyl groups is 1. The van der Waals surface area contributed by atoms with Gasteiger partial charge in [-0.1, -0.05) is 17.7 Å². The minimum atomic E-state index is -0.908. The van der Waals surface area contributed by atoms with Gasteiger partial charge in [0.1, 0.15) is 5.82 Å². The van der Waals surface area contributed by atoms with Gasteiger partial charge in [0.25, 0.3) is 5.91 Å². The third-order valence-corrected chi connectivity index (χ3v) is 6.70. The number of likely N-dealkylation sites (tertiary alicyclic amines) is 1. The Kier molecular flexibility index (Phi) is 4.72. The Balaban J connectivity index is 1.72. The largest absolute Gasteiger partial charge is 0.389 e. The summed E-state index contributed by atoms with van der Waals surface area (Å²) in [5.74, 6) is -1.44. The minimum absolute atomic E-state index is 0.0842. The van der Waals surface area contributed by atoms with E-state index >= 15 is 0 Å². The summed E-state index contributed by atoms with van der Waals surface area (Å²) in [6, 6.07) is 2.65. The summed E-state index contributed by atoms with van der Waals surface area (Å²) in [5, 5.41) is 11.5. The number of carbonyl (C=O) groups excluding carboxylic acids is 1. The van der Waals surface area contributed by atoms with Gasteiger partial charge in [0.05, 0.1) is 29.4 Å². The maximum absolute atomic E-state index is 14.4. The average molecular weight is 384 g/mol. The van der Waals surface area contributed by atoms with Gasteiger partial charge in [-0.15, -0.1) is 0 Å². The molecule has 0 spiro atoms. The van der Waals surface area contributed by atoms with E-state index in [0.717, 1.165) is 0 Å². The molecule has 1 N–H and O–H groups in total. The lowest BCUT2D eigenvalue weighted by Crippen LogP contribution is -2.68. The van der Waals surface area contributed by atoms with Gasteiger partial charge in [0.15, 0.2) is 0 Å². The molecule has 142 valence electrons. The molecule has 4 rings (SSSR count). The molecule has 0 aromatic heterocycles. The van der Waals surface area contributed by atoms with Crippen LogP contribution in [-0.2, 0) is 9.47 Å². The lowest BCUT2D eigenvalue weighted by atomic mass is 9.66. The highest BCUT2D eigenvalue weighted by molar-refractivity contribution is 6.34. The van der Waals surface area contributed by atoms with E-state index in [4.69, 9.17) is 21.1 Å². The number of ether oxygens (including phenoxy) is 2. The van der Waals surface area contributed by atoms with E-state index in [1.54, 1.807) is 17.9 Å². The Morgan fingerprint density at radius 1 is 1.35 bits per heavy atom. The van der Waals surface area contributed by atoms with E-state index in [9.17, 15) is 14.3 Å². The molecule has 1 amide bonds. The third kappa shape index (κ3) is 2.74. The van der Waals surface area contributed by atoms with E-state index in [-0.39, 0.29) is 28.5 Å². The molecule has 1 aromatic rings. The Bertz CT molecular complexity index is 730. The van der Waals surface area contributed by atoms with Crippen LogP contribution in [0.2, 0.25) is 5.02 Å². The van der Waals surface area contributed by atoms with Gasteiger partial charge < -0.3 is 19.5 Å². The molecule has 26 heavy (non-hydrogen) atoms. The quantitative estimate of drug-likeness (QED) is 0.809. The first kappa shape index (κ1) is 18.2. The van der Waals surface area contributed by atoms with E-state index in [1.807, 2.05) is 0 Å². The van der Waals surface area contributed by atoms with Crippen molar-refractivity contribution in [2.45, 2.75) is 31.4 Å². The molecule has 0 radical (unpaired) electrons. The highest BCUT2D eigenvalue weighted by atomic mass is 35.5. The van der Waals surface area contributed by atoms with Crippen LogP contribution in [0.4, 0.5) is 4.39 Å². The standard InChI is InChI=1S/C19H23ClFNO4/c1-11-2-3-14(21)16(17(11)20)18(23)22-8-12-9-26-7-5-19(12,24)13-10-25-6-4-15(13)22/h2-3,12-13,15,24H,4-10H2,1H3/t12-,13+,15-,19-/m0/s1. The molecule has 0 bridgehead atoms. The van der Waals surface area contributed by atoms with Gasteiger partial charge in [-0.2, -0.15) is 0 Å². The zero-order chi connectivity index (χ0) is 18.5. The van der Waals surface area contributed by atoms with Crippen LogP contribution < -0.4 is 0 Å². The molecule has 4 atom stereocenters. The van der Waals surface area contributed by atoms with E-state index in [1.165, 1.54) is 6.07 Å². The number of nitrogens with zero attached hydrogens (tertiary/aromatic N) is 1. The number of rotatable bonds is 1. The minimum Gasteiger partial charge on any atom is -0.389 e. The maximum Gasteiger partial charge on any atom is 0.258 e. The monoisotopic (exact) mass is 383 g/mol. The first-order valence-corrected chi connectivity index (χ1v) is 9.44. The highest BCUT2D eigenvalue weighted by Crippen LogP contribution is 2.45. The van der Waals surface area contributed by atoms with Crippen molar-refractivity contribution in [1.82, 2.24) is 4.90 Å². The second kappa shape index (κ2) is 6.75. The van der Waals surface area contributed by atoms with Crippen molar-refractivity contribution in [2.24, 2.45) is 11.8 Å². The van der Waals surface area contributed by atoms with Crippen molar-refractivity contribution in [3.63, 3.8) is 0 Å². The molecule has 0 unspecified atom stereocenters. The highest BCUT2D eigenvalue weighted by Gasteiger charge is 2.56. The van der Waals surface area contributed by atoms with Crippen LogP contribution in [0.1, 0.15) is 28.8 Å². The van der Waals surface area contributed by atoms with Crippen molar-refractivity contribution in [3.8, 4) is 0 Å². The van der Waals surface area contributed by atoms with Crippen LogP contribution in [0.25, 0.3) is 0 Å². The van der Waals surface area contributed by atoms with Gasteiger partial charge in [-0.3, -0.25) is 4.79 Å². The first-order valence-electron chi connectivity index (χ1n) is 9.07. The Morgan fingerprint density at radius 3 is 2.92 bits per heavy atom. The molecule has 0 aliphatic carbocycles. The fraction of sp³-hybridized carbons (Fsp3) is 0.632. The van der Waals surface area contributed by atoms with Crippen LogP contribution >= 0.6 is 11.6 Å². The molecule has 0 saturated carbocycles. The number of hydrogen-bond acceptors (Lipinski definition) is 4.